The van der Waals surface area contributed by atoms with Gasteiger partial charge in [-0.3, -0.25) is 14.4 Å². The van der Waals surface area contributed by atoms with Crippen LogP contribution in [0.3, 0.4) is 0 Å². The number of carboxylic acids is 1. The van der Waals surface area contributed by atoms with Crippen molar-refractivity contribution in [2.45, 2.75) is 109 Å². The molecule has 1 aromatic carbocycles. The summed E-state index contributed by atoms with van der Waals surface area (Å²) in [5.41, 5.74) is 4.97. The fraction of sp³-hybridized carbons (Fsp3) is 0.622. The zero-order valence-electron chi connectivity index (χ0n) is 28.2. The average molecular weight is 628 g/mol. The van der Waals surface area contributed by atoms with E-state index in [1.54, 1.807) is 0 Å². The van der Waals surface area contributed by atoms with Gasteiger partial charge in [-0.2, -0.15) is 10.1 Å². The van der Waals surface area contributed by atoms with Crippen molar-refractivity contribution in [2.75, 3.05) is 30.4 Å². The van der Waals surface area contributed by atoms with Crippen molar-refractivity contribution >= 4 is 17.7 Å². The van der Waals surface area contributed by atoms with E-state index in [1.165, 1.54) is 36.0 Å². The van der Waals surface area contributed by atoms with E-state index in [1.807, 2.05) is 17.9 Å². The molecule has 248 valence electrons. The van der Waals surface area contributed by atoms with Crippen LogP contribution in [0.4, 0.5) is 11.8 Å². The first kappa shape index (κ1) is 32.5. The van der Waals surface area contributed by atoms with Gasteiger partial charge in [0.1, 0.15) is 5.82 Å². The molecule has 2 N–H and O–H groups in total. The number of benzene rings is 1. The van der Waals surface area contributed by atoms with Gasteiger partial charge in [0.05, 0.1) is 23.9 Å². The average Bonchev–Trinajstić information content (AvgIpc) is 3.52. The second-order valence-corrected chi connectivity index (χ2v) is 14.2. The van der Waals surface area contributed by atoms with E-state index in [2.05, 4.69) is 77.6 Å². The summed E-state index contributed by atoms with van der Waals surface area (Å²) in [7, 11) is 4.13. The number of hydrogen-bond donors (Lipinski definition) is 2. The highest BCUT2D eigenvalue weighted by atomic mass is 16.4. The van der Waals surface area contributed by atoms with Gasteiger partial charge in [-0.15, -0.1) is 0 Å². The maximum Gasteiger partial charge on any atom is 0.306 e. The van der Waals surface area contributed by atoms with Gasteiger partial charge in [-0.05, 0) is 95.1 Å². The number of fused-ring (bicyclic) bond motifs is 1. The van der Waals surface area contributed by atoms with Crippen LogP contribution in [-0.4, -0.2) is 67.9 Å². The quantitative estimate of drug-likeness (QED) is 0.245. The lowest BCUT2D eigenvalue weighted by Gasteiger charge is -2.38. The highest BCUT2D eigenvalue weighted by molar-refractivity contribution is 5.70. The molecular weight excluding hydrogens is 574 g/mol. The molecule has 3 aromatic rings. The molecule has 2 fully saturated rings. The lowest BCUT2D eigenvalue weighted by molar-refractivity contribution is -0.143. The summed E-state index contributed by atoms with van der Waals surface area (Å²) in [5, 5.41) is 18.1. The molecule has 9 heteroatoms. The molecule has 3 heterocycles. The van der Waals surface area contributed by atoms with Crippen LogP contribution in [0.2, 0.25) is 0 Å². The number of carboxylic acid groups (broad SMARTS) is 1. The zero-order chi connectivity index (χ0) is 32.2. The molecule has 6 rings (SSSR count). The van der Waals surface area contributed by atoms with E-state index >= 15 is 0 Å². The molecule has 0 bridgehead atoms. The Labute approximate surface area is 274 Å². The number of aromatic nitrogens is 4. The van der Waals surface area contributed by atoms with Crippen molar-refractivity contribution in [2.24, 2.45) is 18.9 Å². The monoisotopic (exact) mass is 627 g/mol. The Bertz CT molecular complexity index is 1450. The number of likely N-dealkylation sites (tertiary alicyclic amines) is 1. The highest BCUT2D eigenvalue weighted by Gasteiger charge is 2.34. The van der Waals surface area contributed by atoms with Gasteiger partial charge >= 0.3 is 5.97 Å². The Kier molecular flexibility index (Phi) is 10.3. The largest absolute Gasteiger partial charge is 0.481 e. The Morgan fingerprint density at radius 2 is 1.87 bits per heavy atom. The third-order valence-corrected chi connectivity index (χ3v) is 11.2. The van der Waals surface area contributed by atoms with Crippen molar-refractivity contribution in [3.8, 4) is 0 Å². The van der Waals surface area contributed by atoms with Gasteiger partial charge in [-0.1, -0.05) is 43.7 Å². The molecular formula is C37H53N7O2. The van der Waals surface area contributed by atoms with Crippen molar-refractivity contribution in [3.63, 3.8) is 0 Å². The van der Waals surface area contributed by atoms with E-state index < -0.39 is 5.97 Å². The van der Waals surface area contributed by atoms with Crippen LogP contribution in [0.25, 0.3) is 0 Å². The van der Waals surface area contributed by atoms with Crippen molar-refractivity contribution in [3.05, 3.63) is 65.1 Å². The van der Waals surface area contributed by atoms with Crippen molar-refractivity contribution < 1.29 is 9.90 Å². The lowest BCUT2D eigenvalue weighted by Crippen LogP contribution is -2.42. The SMILES string of the molecule is CC[C@H](C1CCC(C(=O)O)CC1)N(C)c1nc2c(c(N[C@@H](CN3CCCC[C@H]3C)c3cnn(C)c3)n1)C[C@H](c1ccccc1)CC2. The van der Waals surface area contributed by atoms with E-state index in [0.29, 0.717) is 17.9 Å². The van der Waals surface area contributed by atoms with Crippen LogP contribution in [0, 0.1) is 11.8 Å². The minimum absolute atomic E-state index is 0.0526. The third-order valence-electron chi connectivity index (χ3n) is 11.2. The molecule has 1 saturated carbocycles. The van der Waals surface area contributed by atoms with E-state index in [4.69, 9.17) is 9.97 Å². The number of piperidine rings is 1. The Balaban J connectivity index is 1.33. The minimum atomic E-state index is -0.649. The van der Waals surface area contributed by atoms with Gasteiger partial charge in [0.25, 0.3) is 0 Å². The fourth-order valence-corrected chi connectivity index (χ4v) is 8.39. The lowest BCUT2D eigenvalue weighted by atomic mass is 9.77. The van der Waals surface area contributed by atoms with E-state index in [-0.39, 0.29) is 18.0 Å². The van der Waals surface area contributed by atoms with Crippen molar-refractivity contribution in [1.82, 2.24) is 24.6 Å². The van der Waals surface area contributed by atoms with Crippen LogP contribution in [0.1, 0.15) is 106 Å². The van der Waals surface area contributed by atoms with Crippen LogP contribution < -0.4 is 10.2 Å². The van der Waals surface area contributed by atoms with Crippen LogP contribution in [-0.2, 0) is 24.7 Å². The number of hydrogen-bond acceptors (Lipinski definition) is 7. The second kappa shape index (κ2) is 14.5. The molecule has 2 aliphatic carbocycles. The summed E-state index contributed by atoms with van der Waals surface area (Å²) in [5.74, 6) is 1.75. The molecule has 1 saturated heterocycles. The summed E-state index contributed by atoms with van der Waals surface area (Å²) >= 11 is 0. The third kappa shape index (κ3) is 7.24. The normalized spacial score (nSPS) is 25.0. The van der Waals surface area contributed by atoms with Gasteiger partial charge in [0.15, 0.2) is 0 Å². The summed E-state index contributed by atoms with van der Waals surface area (Å²) in [4.78, 5) is 27.2. The van der Waals surface area contributed by atoms with Crippen LogP contribution in [0.15, 0.2) is 42.7 Å². The second-order valence-electron chi connectivity index (χ2n) is 14.2. The Hall–Kier alpha value is -3.46. The Morgan fingerprint density at radius 3 is 2.54 bits per heavy atom. The zero-order valence-corrected chi connectivity index (χ0v) is 28.2. The summed E-state index contributed by atoms with van der Waals surface area (Å²) in [6, 6.07) is 11.8. The molecule has 0 spiro atoms. The molecule has 0 radical (unpaired) electrons. The molecule has 0 amide bonds. The highest BCUT2D eigenvalue weighted by Crippen LogP contribution is 2.39. The number of rotatable bonds is 11. The number of anilines is 2. The van der Waals surface area contributed by atoms with Gasteiger partial charge in [-0.25, -0.2) is 4.98 Å². The van der Waals surface area contributed by atoms with Crippen LogP contribution >= 0.6 is 0 Å². The smallest absolute Gasteiger partial charge is 0.306 e. The number of aliphatic carboxylic acids is 1. The van der Waals surface area contributed by atoms with Crippen molar-refractivity contribution in [1.29, 1.82) is 0 Å². The molecule has 1 aliphatic heterocycles. The summed E-state index contributed by atoms with van der Waals surface area (Å²) in [6.07, 6.45) is 15.2. The molecule has 2 aromatic heterocycles. The predicted molar refractivity (Wildman–Crippen MR) is 183 cm³/mol. The summed E-state index contributed by atoms with van der Waals surface area (Å²) < 4.78 is 1.90. The van der Waals surface area contributed by atoms with Gasteiger partial charge < -0.3 is 15.3 Å². The molecule has 4 atom stereocenters. The number of aryl methyl sites for hydroxylation is 2. The topological polar surface area (TPSA) is 99.4 Å². The first-order chi connectivity index (χ1) is 22.3. The maximum absolute atomic E-state index is 11.6. The molecule has 46 heavy (non-hydrogen) atoms. The molecule has 3 aliphatic rings. The van der Waals surface area contributed by atoms with Gasteiger partial charge in [0.2, 0.25) is 5.95 Å². The standard InChI is InChI=1S/C37H53N7O2/c1-5-34(27-14-16-28(17-15-27)36(45)46)43(4)37-40-32-19-18-29(26-12-7-6-8-13-26)21-31(32)35(41-37)39-33(30-22-38-42(3)23-30)24-44-20-10-9-11-25(44)2/h6-8,12-13,22-23,25,27-29,33-34H,5,9-11,14-21,24H2,1-4H3,(H,45,46)(H,39,40,41)/t25-,27?,28?,29-,33+,34-/m1/s1. The first-order valence-electron chi connectivity index (χ1n) is 17.7. The maximum atomic E-state index is 11.6. The molecule has 9 nitrogen and oxygen atoms in total. The predicted octanol–water partition coefficient (Wildman–Crippen LogP) is 6.62. The van der Waals surface area contributed by atoms with Crippen LogP contribution in [0.5, 0.6) is 0 Å². The number of nitrogens with zero attached hydrogens (tertiary/aromatic N) is 6. The summed E-state index contributed by atoms with van der Waals surface area (Å²) in [6.45, 7) is 6.63. The number of carbonyl (C=O) groups is 1. The molecule has 0 unspecified atom stereocenters. The first-order valence-corrected chi connectivity index (χ1v) is 17.7. The number of nitrogens with one attached hydrogen (secondary N) is 1. The minimum Gasteiger partial charge on any atom is -0.481 e. The van der Waals surface area contributed by atoms with E-state index in [0.717, 1.165) is 81.9 Å². The van der Waals surface area contributed by atoms with E-state index in [9.17, 15) is 9.90 Å². The van der Waals surface area contributed by atoms with Gasteiger partial charge in [0, 0.05) is 50.0 Å². The Morgan fingerprint density at radius 1 is 1.09 bits per heavy atom. The fourth-order valence-electron chi connectivity index (χ4n) is 8.39.